The molecular formula is C10H18O2S. The summed E-state index contributed by atoms with van der Waals surface area (Å²) in [6.07, 6.45) is 1.36. The fourth-order valence-electron chi connectivity index (χ4n) is 0.928. The Bertz CT molecular complexity index is 178. The predicted molar refractivity (Wildman–Crippen MR) is 56.7 cm³/mol. The van der Waals surface area contributed by atoms with Crippen LogP contribution in [0.4, 0.5) is 0 Å². The van der Waals surface area contributed by atoms with E-state index in [2.05, 4.69) is 0 Å². The van der Waals surface area contributed by atoms with Gasteiger partial charge in [0.2, 0.25) is 0 Å². The molecule has 0 rings (SSSR count). The maximum absolute atomic E-state index is 11.5. The molecule has 2 atom stereocenters. The molecule has 0 bridgehead atoms. The Balaban J connectivity index is 4.00. The molecule has 0 aromatic rings. The molecule has 76 valence electrons. The van der Waals surface area contributed by atoms with Gasteiger partial charge in [-0.25, -0.2) is 0 Å². The van der Waals surface area contributed by atoms with Crippen molar-refractivity contribution >= 4 is 23.2 Å². The summed E-state index contributed by atoms with van der Waals surface area (Å²) >= 11 is 1.36. The van der Waals surface area contributed by atoms with Gasteiger partial charge in [-0.05, 0) is 5.92 Å². The summed E-state index contributed by atoms with van der Waals surface area (Å²) in [5, 5.41) is 0.530. The fraction of sp³-hybridized carbons (Fsp3) is 0.800. The van der Waals surface area contributed by atoms with Crippen LogP contribution in [0.5, 0.6) is 0 Å². The van der Waals surface area contributed by atoms with E-state index in [4.69, 9.17) is 0 Å². The number of carbonyl (C=O) groups is 2. The van der Waals surface area contributed by atoms with Gasteiger partial charge in [-0.3, -0.25) is 4.79 Å². The van der Waals surface area contributed by atoms with Crippen LogP contribution in [0.15, 0.2) is 0 Å². The van der Waals surface area contributed by atoms with Crippen molar-refractivity contribution in [3.8, 4) is 0 Å². The smallest absolute Gasteiger partial charge is 0.192 e. The van der Waals surface area contributed by atoms with Crippen LogP contribution in [-0.2, 0) is 9.59 Å². The first-order valence-corrected chi connectivity index (χ1v) is 5.51. The van der Waals surface area contributed by atoms with Crippen LogP contribution in [0, 0.1) is 11.8 Å². The molecular weight excluding hydrogens is 184 g/mol. The van der Waals surface area contributed by atoms with E-state index in [0.29, 0.717) is 11.7 Å². The van der Waals surface area contributed by atoms with Crippen molar-refractivity contribution in [3.05, 3.63) is 0 Å². The molecule has 0 amide bonds. The zero-order valence-electron chi connectivity index (χ0n) is 8.74. The molecule has 0 aliphatic rings. The molecule has 13 heavy (non-hydrogen) atoms. The summed E-state index contributed by atoms with van der Waals surface area (Å²) < 4.78 is 0. The van der Waals surface area contributed by atoms with Gasteiger partial charge in [0.05, 0.1) is 0 Å². The zero-order valence-corrected chi connectivity index (χ0v) is 9.56. The normalized spacial score (nSPS) is 15.5. The van der Waals surface area contributed by atoms with Crippen molar-refractivity contribution in [2.75, 3.05) is 0 Å². The van der Waals surface area contributed by atoms with Crippen LogP contribution < -0.4 is 0 Å². The highest BCUT2D eigenvalue weighted by Gasteiger charge is 2.20. The highest BCUT2D eigenvalue weighted by atomic mass is 32.2. The lowest BCUT2D eigenvalue weighted by atomic mass is 9.95. The summed E-state index contributed by atoms with van der Waals surface area (Å²) in [6.45, 7) is 7.84. The molecule has 0 N–H and O–H groups in total. The Morgan fingerprint density at radius 1 is 1.31 bits per heavy atom. The Labute approximate surface area is 84.5 Å². The Morgan fingerprint density at radius 2 is 1.85 bits per heavy atom. The molecule has 0 aliphatic carbocycles. The third-order valence-electron chi connectivity index (χ3n) is 2.05. The van der Waals surface area contributed by atoms with Crippen LogP contribution in [0.25, 0.3) is 0 Å². The fourth-order valence-corrected chi connectivity index (χ4v) is 1.84. The van der Waals surface area contributed by atoms with Gasteiger partial charge in [0.25, 0.3) is 0 Å². The lowest BCUT2D eigenvalue weighted by Gasteiger charge is -2.16. The van der Waals surface area contributed by atoms with Gasteiger partial charge in [0.1, 0.15) is 6.29 Å². The quantitative estimate of drug-likeness (QED) is 0.642. The van der Waals surface area contributed by atoms with Gasteiger partial charge in [-0.1, -0.05) is 39.5 Å². The molecule has 0 saturated heterocycles. The number of hydrogen-bond acceptors (Lipinski definition) is 3. The maximum atomic E-state index is 11.5. The van der Waals surface area contributed by atoms with Gasteiger partial charge in [0, 0.05) is 17.6 Å². The van der Waals surface area contributed by atoms with E-state index in [1.54, 1.807) is 0 Å². The molecule has 0 radical (unpaired) electrons. The number of aldehydes is 1. The van der Waals surface area contributed by atoms with Gasteiger partial charge < -0.3 is 4.79 Å². The highest BCUT2D eigenvalue weighted by molar-refractivity contribution is 8.14. The van der Waals surface area contributed by atoms with Gasteiger partial charge in [-0.15, -0.1) is 0 Å². The van der Waals surface area contributed by atoms with Gasteiger partial charge in [0.15, 0.2) is 5.12 Å². The third-order valence-corrected chi connectivity index (χ3v) is 3.12. The minimum Gasteiger partial charge on any atom is -0.303 e. The van der Waals surface area contributed by atoms with Crippen LogP contribution in [-0.4, -0.2) is 16.7 Å². The van der Waals surface area contributed by atoms with E-state index in [1.807, 2.05) is 27.7 Å². The maximum Gasteiger partial charge on any atom is 0.192 e. The van der Waals surface area contributed by atoms with Gasteiger partial charge in [-0.2, -0.15) is 0 Å². The molecule has 0 saturated carbocycles. The highest BCUT2D eigenvalue weighted by Crippen LogP contribution is 2.23. The second kappa shape index (κ2) is 6.19. The van der Waals surface area contributed by atoms with E-state index in [0.717, 1.165) is 6.29 Å². The summed E-state index contributed by atoms with van der Waals surface area (Å²) in [4.78, 5) is 21.8. The van der Waals surface area contributed by atoms with Crippen molar-refractivity contribution in [1.82, 2.24) is 0 Å². The van der Waals surface area contributed by atoms with E-state index in [-0.39, 0.29) is 17.0 Å². The zero-order chi connectivity index (χ0) is 10.4. The molecule has 0 unspecified atom stereocenters. The van der Waals surface area contributed by atoms with E-state index in [1.165, 1.54) is 11.8 Å². The van der Waals surface area contributed by atoms with Crippen molar-refractivity contribution in [3.63, 3.8) is 0 Å². The average molecular weight is 202 g/mol. The largest absolute Gasteiger partial charge is 0.303 e. The van der Waals surface area contributed by atoms with Crippen LogP contribution >= 0.6 is 11.8 Å². The number of thioether (sulfide) groups is 1. The van der Waals surface area contributed by atoms with Crippen LogP contribution in [0.2, 0.25) is 0 Å². The summed E-state index contributed by atoms with van der Waals surface area (Å²) in [5.41, 5.74) is 0. The first-order chi connectivity index (χ1) is 5.99. The lowest BCUT2D eigenvalue weighted by molar-refractivity contribution is -0.115. The number of hydrogen-bond donors (Lipinski definition) is 0. The third kappa shape index (κ3) is 5.09. The average Bonchev–Trinajstić information content (AvgIpc) is 2.02. The summed E-state index contributed by atoms with van der Waals surface area (Å²) in [6, 6.07) is 0. The molecule has 0 spiro atoms. The minimum absolute atomic E-state index is 0.0161. The molecule has 2 nitrogen and oxygen atoms in total. The van der Waals surface area contributed by atoms with Crippen molar-refractivity contribution in [1.29, 1.82) is 0 Å². The van der Waals surface area contributed by atoms with E-state index < -0.39 is 0 Å². The second-order valence-electron chi connectivity index (χ2n) is 3.65. The van der Waals surface area contributed by atoms with Crippen molar-refractivity contribution in [2.45, 2.75) is 39.4 Å². The van der Waals surface area contributed by atoms with Gasteiger partial charge >= 0.3 is 0 Å². The van der Waals surface area contributed by atoms with Crippen LogP contribution in [0.3, 0.4) is 0 Å². The number of carbonyl (C=O) groups excluding carboxylic acids is 2. The topological polar surface area (TPSA) is 34.1 Å². The Hall–Kier alpha value is -0.310. The summed E-state index contributed by atoms with van der Waals surface area (Å²) in [5.74, 6) is 0.147. The molecule has 3 heteroatoms. The predicted octanol–water partition coefficient (Wildman–Crippen LogP) is 2.52. The molecule has 0 aliphatic heterocycles. The standard InChI is InChI=1S/C10H18O2S/c1-7(2)13-10(12)9(4)8(3)5-6-11/h6-9H,5H2,1-4H3/t8-,9+/m0/s1. The Morgan fingerprint density at radius 3 is 2.23 bits per heavy atom. The first-order valence-electron chi connectivity index (χ1n) is 4.63. The second-order valence-corrected chi connectivity index (χ2v) is 5.23. The monoisotopic (exact) mass is 202 g/mol. The number of rotatable bonds is 5. The van der Waals surface area contributed by atoms with Crippen molar-refractivity contribution < 1.29 is 9.59 Å². The lowest BCUT2D eigenvalue weighted by Crippen LogP contribution is -2.17. The van der Waals surface area contributed by atoms with Crippen LogP contribution in [0.1, 0.15) is 34.1 Å². The molecule has 0 heterocycles. The Kier molecular flexibility index (Phi) is 6.04. The first kappa shape index (κ1) is 12.7. The molecule has 0 aromatic carbocycles. The molecule has 0 aromatic heterocycles. The SMILES string of the molecule is CC(C)SC(=O)[C@H](C)[C@@H](C)CC=O. The van der Waals surface area contributed by atoms with E-state index >= 15 is 0 Å². The van der Waals surface area contributed by atoms with Crippen molar-refractivity contribution in [2.24, 2.45) is 11.8 Å². The summed E-state index contributed by atoms with van der Waals surface area (Å²) in [7, 11) is 0. The minimum atomic E-state index is -0.0161. The molecule has 0 fully saturated rings. The van der Waals surface area contributed by atoms with E-state index in [9.17, 15) is 9.59 Å².